The Labute approximate surface area is 174 Å². The number of benzene rings is 1. The molecular weight excluding hydrogens is 412 g/mol. The molecule has 1 aromatic heterocycles. The summed E-state index contributed by atoms with van der Waals surface area (Å²) in [7, 11) is -3.61. The number of ether oxygens (including phenoxy) is 1. The van der Waals surface area contributed by atoms with E-state index in [1.165, 1.54) is 21.7 Å². The van der Waals surface area contributed by atoms with Crippen LogP contribution in [0.1, 0.15) is 39.4 Å². The smallest absolute Gasteiger partial charge is 0.348 e. The van der Waals surface area contributed by atoms with Gasteiger partial charge in [-0.1, -0.05) is 12.5 Å². The highest BCUT2D eigenvalue weighted by Gasteiger charge is 2.27. The van der Waals surface area contributed by atoms with Gasteiger partial charge in [-0.3, -0.25) is 4.79 Å². The maximum atomic E-state index is 13.0. The summed E-state index contributed by atoms with van der Waals surface area (Å²) < 4.78 is 32.4. The molecule has 0 radical (unpaired) electrons. The zero-order valence-electron chi connectivity index (χ0n) is 16.4. The molecule has 7 nitrogen and oxygen atoms in total. The van der Waals surface area contributed by atoms with Crippen molar-refractivity contribution in [3.05, 3.63) is 45.6 Å². The lowest BCUT2D eigenvalue weighted by Crippen LogP contribution is -2.36. The first-order chi connectivity index (χ1) is 13.8. The summed E-state index contributed by atoms with van der Waals surface area (Å²) in [5, 5.41) is 2.60. The fraction of sp³-hybridized carbons (Fsp3) is 0.400. The van der Waals surface area contributed by atoms with E-state index in [1.54, 1.807) is 31.2 Å². The van der Waals surface area contributed by atoms with Gasteiger partial charge in [0.1, 0.15) is 4.88 Å². The summed E-state index contributed by atoms with van der Waals surface area (Å²) in [6.45, 7) is 4.18. The van der Waals surface area contributed by atoms with E-state index in [4.69, 9.17) is 4.74 Å². The Morgan fingerprint density at radius 1 is 1.10 bits per heavy atom. The van der Waals surface area contributed by atoms with E-state index >= 15 is 0 Å². The number of amides is 1. The highest BCUT2D eigenvalue weighted by atomic mass is 32.2. The van der Waals surface area contributed by atoms with Crippen molar-refractivity contribution in [3.8, 4) is 0 Å². The molecular formula is C20H24N2O5S2. The van der Waals surface area contributed by atoms with Crippen LogP contribution >= 0.6 is 11.3 Å². The first-order valence-corrected chi connectivity index (χ1v) is 11.7. The van der Waals surface area contributed by atoms with E-state index in [1.807, 2.05) is 6.92 Å². The number of anilines is 1. The standard InChI is InChI=1S/C20H24N2O5S2/c1-14-6-8-16(12-18(14)29(25,26)22-10-4-3-5-11-22)21-19(23)13-27-20(24)17-9-7-15(2)28-17/h6-9,12H,3-5,10-11,13H2,1-2H3,(H,21,23). The Bertz CT molecular complexity index is 1010. The van der Waals surface area contributed by atoms with Gasteiger partial charge in [-0.25, -0.2) is 13.2 Å². The number of hydrogen-bond donors (Lipinski definition) is 1. The Balaban J connectivity index is 1.66. The van der Waals surface area contributed by atoms with Crippen LogP contribution in [0.5, 0.6) is 0 Å². The number of sulfonamides is 1. The molecule has 156 valence electrons. The van der Waals surface area contributed by atoms with E-state index in [2.05, 4.69) is 5.32 Å². The second-order valence-corrected chi connectivity index (χ2v) is 10.2. The first-order valence-electron chi connectivity index (χ1n) is 9.41. The highest BCUT2D eigenvalue weighted by Crippen LogP contribution is 2.26. The molecule has 0 aliphatic carbocycles. The lowest BCUT2D eigenvalue weighted by molar-refractivity contribution is -0.119. The maximum absolute atomic E-state index is 13.0. The molecule has 0 spiro atoms. The number of piperidine rings is 1. The van der Waals surface area contributed by atoms with E-state index in [9.17, 15) is 18.0 Å². The van der Waals surface area contributed by atoms with Crippen LogP contribution in [0.25, 0.3) is 0 Å². The van der Waals surface area contributed by atoms with Crippen LogP contribution in [0.3, 0.4) is 0 Å². The zero-order valence-corrected chi connectivity index (χ0v) is 18.1. The summed E-state index contributed by atoms with van der Waals surface area (Å²) in [4.78, 5) is 25.7. The third kappa shape index (κ3) is 5.23. The van der Waals surface area contributed by atoms with Crippen LogP contribution in [0, 0.1) is 13.8 Å². The molecule has 1 aromatic carbocycles. The molecule has 0 unspecified atom stereocenters. The summed E-state index contributed by atoms with van der Waals surface area (Å²) in [5.41, 5.74) is 0.965. The van der Waals surface area contributed by atoms with Crippen LogP contribution in [-0.2, 0) is 19.6 Å². The van der Waals surface area contributed by atoms with Crippen LogP contribution in [0.4, 0.5) is 5.69 Å². The molecule has 0 bridgehead atoms. The van der Waals surface area contributed by atoms with Gasteiger partial charge in [0.25, 0.3) is 5.91 Å². The Kier molecular flexibility index (Phi) is 6.71. The van der Waals surface area contributed by atoms with Gasteiger partial charge in [0.2, 0.25) is 10.0 Å². The molecule has 3 rings (SSSR count). The quantitative estimate of drug-likeness (QED) is 0.701. The number of thiophene rings is 1. The Hall–Kier alpha value is -2.23. The van der Waals surface area contributed by atoms with Crippen molar-refractivity contribution >= 4 is 38.9 Å². The van der Waals surface area contributed by atoms with Crippen LogP contribution in [0.2, 0.25) is 0 Å². The summed E-state index contributed by atoms with van der Waals surface area (Å²) >= 11 is 1.29. The molecule has 1 aliphatic rings. The number of carbonyl (C=O) groups is 2. The van der Waals surface area contributed by atoms with E-state index < -0.39 is 28.5 Å². The molecule has 1 saturated heterocycles. The molecule has 1 amide bonds. The van der Waals surface area contributed by atoms with Crippen molar-refractivity contribution in [1.82, 2.24) is 4.31 Å². The predicted octanol–water partition coefficient (Wildman–Crippen LogP) is 3.34. The minimum Gasteiger partial charge on any atom is -0.451 e. The predicted molar refractivity (Wildman–Crippen MR) is 112 cm³/mol. The summed E-state index contributed by atoms with van der Waals surface area (Å²) in [5.74, 6) is -1.09. The molecule has 1 fully saturated rings. The van der Waals surface area contributed by atoms with Gasteiger partial charge in [-0.05, 0) is 56.5 Å². The van der Waals surface area contributed by atoms with Gasteiger partial charge in [-0.15, -0.1) is 11.3 Å². The van der Waals surface area contributed by atoms with Gasteiger partial charge in [0, 0.05) is 23.7 Å². The zero-order chi connectivity index (χ0) is 21.0. The number of hydrogen-bond acceptors (Lipinski definition) is 6. The fourth-order valence-corrected chi connectivity index (χ4v) is 5.67. The second-order valence-electron chi connectivity index (χ2n) is 6.98. The van der Waals surface area contributed by atoms with Crippen molar-refractivity contribution in [3.63, 3.8) is 0 Å². The SMILES string of the molecule is Cc1ccc(C(=O)OCC(=O)Nc2ccc(C)c(S(=O)(=O)N3CCCCC3)c2)s1. The molecule has 1 N–H and O–H groups in total. The number of esters is 1. The number of aryl methyl sites for hydroxylation is 2. The Morgan fingerprint density at radius 2 is 1.83 bits per heavy atom. The number of nitrogens with one attached hydrogen (secondary N) is 1. The van der Waals surface area contributed by atoms with Crippen molar-refractivity contribution in [2.45, 2.75) is 38.0 Å². The lowest BCUT2D eigenvalue weighted by atomic mass is 10.2. The topological polar surface area (TPSA) is 92.8 Å². The minimum absolute atomic E-state index is 0.184. The molecule has 29 heavy (non-hydrogen) atoms. The van der Waals surface area contributed by atoms with E-state index in [0.29, 0.717) is 29.2 Å². The monoisotopic (exact) mass is 436 g/mol. The third-order valence-corrected chi connectivity index (χ3v) is 7.70. The van der Waals surface area contributed by atoms with Crippen LogP contribution in [-0.4, -0.2) is 44.3 Å². The van der Waals surface area contributed by atoms with Crippen molar-refractivity contribution < 1.29 is 22.7 Å². The van der Waals surface area contributed by atoms with Gasteiger partial charge in [0.05, 0.1) is 4.90 Å². The van der Waals surface area contributed by atoms with Gasteiger partial charge in [-0.2, -0.15) is 4.31 Å². The third-order valence-electron chi connectivity index (χ3n) is 4.68. The first kappa shape index (κ1) is 21.5. The van der Waals surface area contributed by atoms with Gasteiger partial charge < -0.3 is 10.1 Å². The van der Waals surface area contributed by atoms with Gasteiger partial charge in [0.15, 0.2) is 6.61 Å². The lowest BCUT2D eigenvalue weighted by Gasteiger charge is -2.26. The van der Waals surface area contributed by atoms with Crippen LogP contribution < -0.4 is 5.32 Å². The number of rotatable bonds is 6. The molecule has 2 heterocycles. The normalized spacial score (nSPS) is 15.1. The second kappa shape index (κ2) is 9.06. The average molecular weight is 437 g/mol. The van der Waals surface area contributed by atoms with E-state index in [0.717, 1.165) is 24.1 Å². The number of nitrogens with zero attached hydrogens (tertiary/aromatic N) is 1. The van der Waals surface area contributed by atoms with Gasteiger partial charge >= 0.3 is 5.97 Å². The molecule has 9 heteroatoms. The molecule has 0 saturated carbocycles. The molecule has 0 atom stereocenters. The van der Waals surface area contributed by atoms with Crippen molar-refractivity contribution in [2.24, 2.45) is 0 Å². The highest BCUT2D eigenvalue weighted by molar-refractivity contribution is 7.89. The van der Waals surface area contributed by atoms with Crippen molar-refractivity contribution in [1.29, 1.82) is 0 Å². The minimum atomic E-state index is -3.61. The number of carbonyl (C=O) groups excluding carboxylic acids is 2. The maximum Gasteiger partial charge on any atom is 0.348 e. The van der Waals surface area contributed by atoms with Crippen LogP contribution in [0.15, 0.2) is 35.2 Å². The average Bonchev–Trinajstić information content (AvgIpc) is 3.14. The molecule has 2 aromatic rings. The largest absolute Gasteiger partial charge is 0.451 e. The molecule has 1 aliphatic heterocycles. The Morgan fingerprint density at radius 3 is 2.48 bits per heavy atom. The summed E-state index contributed by atoms with van der Waals surface area (Å²) in [6, 6.07) is 8.21. The van der Waals surface area contributed by atoms with Crippen molar-refractivity contribution in [2.75, 3.05) is 25.0 Å². The fourth-order valence-electron chi connectivity index (χ4n) is 3.14. The summed E-state index contributed by atoms with van der Waals surface area (Å²) in [6.07, 6.45) is 2.73. The van der Waals surface area contributed by atoms with E-state index in [-0.39, 0.29) is 4.90 Å².